The molecular weight excluding hydrogens is 266 g/mol. The van der Waals surface area contributed by atoms with Crippen LogP contribution in [0.25, 0.3) is 0 Å². The Morgan fingerprint density at radius 1 is 1.48 bits per heavy atom. The van der Waals surface area contributed by atoms with E-state index in [-0.39, 0.29) is 12.0 Å². The second-order valence-electron chi connectivity index (χ2n) is 5.77. The molecule has 5 nitrogen and oxygen atoms in total. The SMILES string of the molecule is CCOC(=O)C(c1cccnc1)N1CCN2CCC[C@@H]2C1. The van der Waals surface area contributed by atoms with E-state index in [0.717, 1.165) is 25.2 Å². The Morgan fingerprint density at radius 2 is 2.38 bits per heavy atom. The Bertz CT molecular complexity index is 480. The predicted octanol–water partition coefficient (Wildman–Crippen LogP) is 1.47. The zero-order valence-electron chi connectivity index (χ0n) is 12.6. The van der Waals surface area contributed by atoms with E-state index in [1.54, 1.807) is 12.4 Å². The summed E-state index contributed by atoms with van der Waals surface area (Å²) in [6.45, 7) is 6.37. The van der Waals surface area contributed by atoms with Crippen molar-refractivity contribution >= 4 is 5.97 Å². The van der Waals surface area contributed by atoms with E-state index >= 15 is 0 Å². The highest BCUT2D eigenvalue weighted by Gasteiger charge is 2.37. The van der Waals surface area contributed by atoms with Gasteiger partial charge in [-0.3, -0.25) is 14.8 Å². The van der Waals surface area contributed by atoms with Gasteiger partial charge in [0, 0.05) is 38.1 Å². The smallest absolute Gasteiger partial charge is 0.328 e. The van der Waals surface area contributed by atoms with Gasteiger partial charge in [0.15, 0.2) is 0 Å². The zero-order chi connectivity index (χ0) is 14.7. The van der Waals surface area contributed by atoms with Crippen molar-refractivity contribution in [2.75, 3.05) is 32.8 Å². The number of pyridine rings is 1. The quantitative estimate of drug-likeness (QED) is 0.785. The molecule has 3 rings (SSSR count). The molecule has 3 heterocycles. The monoisotopic (exact) mass is 289 g/mol. The van der Waals surface area contributed by atoms with Gasteiger partial charge < -0.3 is 4.74 Å². The van der Waals surface area contributed by atoms with Crippen molar-refractivity contribution in [2.45, 2.75) is 31.8 Å². The summed E-state index contributed by atoms with van der Waals surface area (Å²) in [7, 11) is 0. The highest BCUT2D eigenvalue weighted by molar-refractivity contribution is 5.77. The molecule has 0 N–H and O–H groups in total. The number of rotatable bonds is 4. The van der Waals surface area contributed by atoms with Crippen LogP contribution in [0.2, 0.25) is 0 Å². The first kappa shape index (κ1) is 14.5. The maximum Gasteiger partial charge on any atom is 0.328 e. The summed E-state index contributed by atoms with van der Waals surface area (Å²) >= 11 is 0. The van der Waals surface area contributed by atoms with Gasteiger partial charge in [0.2, 0.25) is 0 Å². The van der Waals surface area contributed by atoms with Gasteiger partial charge in [0.25, 0.3) is 0 Å². The van der Waals surface area contributed by atoms with Crippen LogP contribution in [0.1, 0.15) is 31.4 Å². The van der Waals surface area contributed by atoms with Crippen LogP contribution in [0, 0.1) is 0 Å². The molecule has 0 spiro atoms. The molecule has 0 bridgehead atoms. The lowest BCUT2D eigenvalue weighted by Gasteiger charge is -2.40. The molecule has 0 amide bonds. The second kappa shape index (κ2) is 6.54. The van der Waals surface area contributed by atoms with Crippen LogP contribution in [0.3, 0.4) is 0 Å². The minimum atomic E-state index is -0.318. The van der Waals surface area contributed by atoms with Crippen molar-refractivity contribution in [3.05, 3.63) is 30.1 Å². The molecule has 1 unspecified atom stereocenters. The van der Waals surface area contributed by atoms with Crippen molar-refractivity contribution in [1.29, 1.82) is 0 Å². The van der Waals surface area contributed by atoms with Crippen LogP contribution >= 0.6 is 0 Å². The van der Waals surface area contributed by atoms with Crippen LogP contribution in [0.5, 0.6) is 0 Å². The molecule has 0 saturated carbocycles. The second-order valence-corrected chi connectivity index (χ2v) is 5.77. The minimum Gasteiger partial charge on any atom is -0.465 e. The molecule has 21 heavy (non-hydrogen) atoms. The molecule has 1 aromatic heterocycles. The Labute approximate surface area is 125 Å². The fraction of sp³-hybridized carbons (Fsp3) is 0.625. The highest BCUT2D eigenvalue weighted by atomic mass is 16.5. The Kier molecular flexibility index (Phi) is 4.51. The van der Waals surface area contributed by atoms with E-state index in [9.17, 15) is 4.79 Å². The number of fused-ring (bicyclic) bond motifs is 1. The first-order chi connectivity index (χ1) is 10.3. The number of nitrogens with zero attached hydrogens (tertiary/aromatic N) is 3. The highest BCUT2D eigenvalue weighted by Crippen LogP contribution is 2.28. The van der Waals surface area contributed by atoms with E-state index in [2.05, 4.69) is 14.8 Å². The summed E-state index contributed by atoms with van der Waals surface area (Å²) in [6, 6.07) is 4.12. The summed E-state index contributed by atoms with van der Waals surface area (Å²) in [6.07, 6.45) is 6.03. The molecule has 5 heteroatoms. The van der Waals surface area contributed by atoms with Gasteiger partial charge in [-0.15, -0.1) is 0 Å². The van der Waals surface area contributed by atoms with Crippen LogP contribution in [0.4, 0.5) is 0 Å². The number of carbonyl (C=O) groups is 1. The number of hydrogen-bond acceptors (Lipinski definition) is 5. The maximum absolute atomic E-state index is 12.4. The summed E-state index contributed by atoms with van der Waals surface area (Å²) in [5, 5.41) is 0. The molecule has 2 saturated heterocycles. The predicted molar refractivity (Wildman–Crippen MR) is 79.8 cm³/mol. The fourth-order valence-corrected chi connectivity index (χ4v) is 3.50. The lowest BCUT2D eigenvalue weighted by molar-refractivity contribution is -0.151. The lowest BCUT2D eigenvalue weighted by Crippen LogP contribution is -2.52. The average Bonchev–Trinajstić information content (AvgIpc) is 2.96. The van der Waals surface area contributed by atoms with Crippen molar-refractivity contribution in [1.82, 2.24) is 14.8 Å². The molecule has 0 radical (unpaired) electrons. The molecule has 1 aromatic rings. The third-order valence-electron chi connectivity index (χ3n) is 4.49. The summed E-state index contributed by atoms with van der Waals surface area (Å²) in [5.41, 5.74) is 0.933. The Morgan fingerprint density at radius 3 is 3.14 bits per heavy atom. The van der Waals surface area contributed by atoms with Gasteiger partial charge in [-0.2, -0.15) is 0 Å². The van der Waals surface area contributed by atoms with Crippen molar-refractivity contribution < 1.29 is 9.53 Å². The van der Waals surface area contributed by atoms with Gasteiger partial charge >= 0.3 is 5.97 Å². The van der Waals surface area contributed by atoms with Crippen molar-refractivity contribution in [3.63, 3.8) is 0 Å². The van der Waals surface area contributed by atoms with Gasteiger partial charge in [-0.1, -0.05) is 6.07 Å². The van der Waals surface area contributed by atoms with Crippen molar-refractivity contribution in [2.24, 2.45) is 0 Å². The topological polar surface area (TPSA) is 45.7 Å². The summed E-state index contributed by atoms with van der Waals surface area (Å²) in [4.78, 5) is 21.4. The summed E-state index contributed by atoms with van der Waals surface area (Å²) < 4.78 is 5.30. The van der Waals surface area contributed by atoms with Crippen LogP contribution in [-0.2, 0) is 9.53 Å². The molecule has 2 aliphatic heterocycles. The largest absolute Gasteiger partial charge is 0.465 e. The van der Waals surface area contributed by atoms with E-state index in [0.29, 0.717) is 12.6 Å². The molecule has 2 fully saturated rings. The number of aromatic nitrogens is 1. The van der Waals surface area contributed by atoms with Crippen LogP contribution in [-0.4, -0.2) is 59.6 Å². The Hall–Kier alpha value is -1.46. The van der Waals surface area contributed by atoms with Gasteiger partial charge in [0.1, 0.15) is 6.04 Å². The number of ether oxygens (including phenoxy) is 1. The standard InChI is InChI=1S/C16H23N3O2/c1-2-21-16(20)15(13-5-3-7-17-11-13)19-10-9-18-8-4-6-14(18)12-19/h3,5,7,11,14-15H,2,4,6,8-10,12H2,1H3/t14-,15?/m1/s1. The Balaban J connectivity index is 1.80. The zero-order valence-corrected chi connectivity index (χ0v) is 12.6. The molecule has 114 valence electrons. The van der Waals surface area contributed by atoms with Crippen molar-refractivity contribution in [3.8, 4) is 0 Å². The third-order valence-corrected chi connectivity index (χ3v) is 4.49. The first-order valence-corrected chi connectivity index (χ1v) is 7.84. The first-order valence-electron chi connectivity index (χ1n) is 7.84. The minimum absolute atomic E-state index is 0.156. The van der Waals surface area contributed by atoms with Crippen LogP contribution in [0.15, 0.2) is 24.5 Å². The van der Waals surface area contributed by atoms with E-state index < -0.39 is 0 Å². The number of hydrogen-bond donors (Lipinski definition) is 0. The molecule has 0 aromatic carbocycles. The number of esters is 1. The molecule has 2 aliphatic rings. The lowest BCUT2D eigenvalue weighted by atomic mass is 10.0. The number of piperazine rings is 1. The number of carbonyl (C=O) groups excluding carboxylic acids is 1. The van der Waals surface area contributed by atoms with Gasteiger partial charge in [-0.05, 0) is 37.9 Å². The average molecular weight is 289 g/mol. The molecule has 2 atom stereocenters. The normalized spacial score (nSPS) is 24.5. The maximum atomic E-state index is 12.4. The van der Waals surface area contributed by atoms with E-state index in [1.807, 2.05) is 19.1 Å². The summed E-state index contributed by atoms with van der Waals surface area (Å²) in [5.74, 6) is -0.156. The van der Waals surface area contributed by atoms with Gasteiger partial charge in [0.05, 0.1) is 6.61 Å². The van der Waals surface area contributed by atoms with E-state index in [4.69, 9.17) is 4.74 Å². The van der Waals surface area contributed by atoms with Gasteiger partial charge in [-0.25, -0.2) is 4.79 Å². The van der Waals surface area contributed by atoms with E-state index in [1.165, 1.54) is 19.4 Å². The molecular formula is C16H23N3O2. The molecule has 0 aliphatic carbocycles. The third kappa shape index (κ3) is 3.09. The van der Waals surface area contributed by atoms with Crippen LogP contribution < -0.4 is 0 Å². The fourth-order valence-electron chi connectivity index (χ4n) is 3.50.